The number of aliphatic hydroxyl groups is 1. The average Bonchev–Trinajstić information content (AvgIpc) is 2.32. The number of carbonyl (C=O) groups is 1. The number of amides is 2. The summed E-state index contributed by atoms with van der Waals surface area (Å²) in [6.45, 7) is 3.34. The van der Waals surface area contributed by atoms with Crippen molar-refractivity contribution in [3.8, 4) is 0 Å². The molecule has 3 N–H and O–H groups in total. The molecular formula is C12H15BrF2N2O2. The van der Waals surface area contributed by atoms with E-state index in [4.69, 9.17) is 5.11 Å². The second-order valence-corrected chi connectivity index (χ2v) is 5.21. The summed E-state index contributed by atoms with van der Waals surface area (Å²) in [6.07, 6.45) is 0. The number of rotatable bonds is 4. The second-order valence-electron chi connectivity index (χ2n) is 4.29. The Bertz CT molecular complexity index is 448. The molecule has 1 rings (SSSR count). The van der Waals surface area contributed by atoms with Crippen LogP contribution in [0.5, 0.6) is 0 Å². The van der Waals surface area contributed by atoms with Gasteiger partial charge in [0, 0.05) is 17.1 Å². The zero-order valence-corrected chi connectivity index (χ0v) is 12.1. The minimum atomic E-state index is -0.870. The molecule has 0 radical (unpaired) electrons. The Morgan fingerprint density at radius 2 is 1.89 bits per heavy atom. The van der Waals surface area contributed by atoms with Crippen LogP contribution in [0.4, 0.5) is 19.3 Å². The van der Waals surface area contributed by atoms with Gasteiger partial charge in [-0.05, 0) is 25.0 Å². The Labute approximate surface area is 118 Å². The van der Waals surface area contributed by atoms with Crippen LogP contribution in [0, 0.1) is 17.6 Å². The molecule has 0 bridgehead atoms. The highest BCUT2D eigenvalue weighted by Gasteiger charge is 2.17. The molecule has 7 heteroatoms. The Hall–Kier alpha value is -1.21. The van der Waals surface area contributed by atoms with E-state index in [1.807, 2.05) is 0 Å². The summed E-state index contributed by atoms with van der Waals surface area (Å²) < 4.78 is 27.2. The molecule has 0 aliphatic heterocycles. The van der Waals surface area contributed by atoms with Gasteiger partial charge in [0.25, 0.3) is 0 Å². The van der Waals surface area contributed by atoms with E-state index in [1.165, 1.54) is 0 Å². The number of hydrogen-bond donors (Lipinski definition) is 3. The lowest BCUT2D eigenvalue weighted by Crippen LogP contribution is -2.41. The third-order valence-corrected chi connectivity index (χ3v) is 3.20. The standard InChI is InChI=1S/C12H15BrF2N2O2/c1-6(5-18)7(2)16-12(19)17-11-9(14)3-8(13)4-10(11)15/h3-4,6-7,18H,5H2,1-2H3,(H2,16,17,19). The van der Waals surface area contributed by atoms with Crippen LogP contribution in [0.15, 0.2) is 16.6 Å². The number of halogens is 3. The smallest absolute Gasteiger partial charge is 0.319 e. The molecule has 4 nitrogen and oxygen atoms in total. The van der Waals surface area contributed by atoms with Gasteiger partial charge in [-0.15, -0.1) is 0 Å². The summed E-state index contributed by atoms with van der Waals surface area (Å²) in [5.74, 6) is -1.90. The van der Waals surface area contributed by atoms with Crippen molar-refractivity contribution >= 4 is 27.6 Å². The van der Waals surface area contributed by atoms with Crippen LogP contribution in [-0.2, 0) is 0 Å². The molecule has 2 amide bonds. The van der Waals surface area contributed by atoms with E-state index in [9.17, 15) is 13.6 Å². The second kappa shape index (κ2) is 6.81. The molecule has 0 aliphatic rings. The minimum Gasteiger partial charge on any atom is -0.396 e. The number of anilines is 1. The average molecular weight is 337 g/mol. The van der Waals surface area contributed by atoms with Crippen LogP contribution < -0.4 is 10.6 Å². The summed E-state index contributed by atoms with van der Waals surface area (Å²) in [4.78, 5) is 11.6. The summed E-state index contributed by atoms with van der Waals surface area (Å²) >= 11 is 2.95. The van der Waals surface area contributed by atoms with Crippen molar-refractivity contribution < 1.29 is 18.7 Å². The maximum Gasteiger partial charge on any atom is 0.319 e. The third kappa shape index (κ3) is 4.43. The van der Waals surface area contributed by atoms with Crippen molar-refractivity contribution in [2.75, 3.05) is 11.9 Å². The van der Waals surface area contributed by atoms with Crippen LogP contribution in [-0.4, -0.2) is 23.8 Å². The van der Waals surface area contributed by atoms with Gasteiger partial charge < -0.3 is 15.7 Å². The van der Waals surface area contributed by atoms with E-state index in [0.717, 1.165) is 12.1 Å². The number of carbonyl (C=O) groups excluding carboxylic acids is 1. The van der Waals surface area contributed by atoms with Crippen LogP contribution in [0.2, 0.25) is 0 Å². The Morgan fingerprint density at radius 1 is 1.37 bits per heavy atom. The van der Waals surface area contributed by atoms with Crippen molar-refractivity contribution in [2.45, 2.75) is 19.9 Å². The first kappa shape index (κ1) is 15.8. The first-order chi connectivity index (χ1) is 8.85. The molecule has 1 aromatic carbocycles. The number of benzene rings is 1. The molecule has 106 valence electrons. The van der Waals surface area contributed by atoms with Gasteiger partial charge in [0.15, 0.2) is 11.6 Å². The minimum absolute atomic E-state index is 0.0948. The van der Waals surface area contributed by atoms with Gasteiger partial charge in [-0.3, -0.25) is 0 Å². The monoisotopic (exact) mass is 336 g/mol. The van der Waals surface area contributed by atoms with Gasteiger partial charge in [-0.25, -0.2) is 13.6 Å². The van der Waals surface area contributed by atoms with Crippen molar-refractivity contribution in [3.63, 3.8) is 0 Å². The molecule has 0 fully saturated rings. The quantitative estimate of drug-likeness (QED) is 0.791. The van der Waals surface area contributed by atoms with Crippen molar-refractivity contribution in [3.05, 3.63) is 28.2 Å². The lowest BCUT2D eigenvalue weighted by molar-refractivity contribution is 0.204. The number of hydrogen-bond acceptors (Lipinski definition) is 2. The number of aliphatic hydroxyl groups excluding tert-OH is 1. The maximum atomic E-state index is 13.5. The Morgan fingerprint density at radius 3 is 2.37 bits per heavy atom. The van der Waals surface area contributed by atoms with Crippen LogP contribution in [0.1, 0.15) is 13.8 Å². The highest BCUT2D eigenvalue weighted by molar-refractivity contribution is 9.10. The molecule has 19 heavy (non-hydrogen) atoms. The van der Waals surface area contributed by atoms with Gasteiger partial charge in [0.2, 0.25) is 0 Å². The predicted molar refractivity (Wildman–Crippen MR) is 71.9 cm³/mol. The maximum absolute atomic E-state index is 13.5. The highest BCUT2D eigenvalue weighted by Crippen LogP contribution is 2.23. The highest BCUT2D eigenvalue weighted by atomic mass is 79.9. The molecule has 0 saturated carbocycles. The summed E-state index contributed by atoms with van der Waals surface area (Å²) in [5.41, 5.74) is -0.510. The number of urea groups is 1. The van der Waals surface area contributed by atoms with Gasteiger partial charge >= 0.3 is 6.03 Å². The fourth-order valence-corrected chi connectivity index (χ4v) is 1.72. The van der Waals surface area contributed by atoms with Crippen molar-refractivity contribution in [2.24, 2.45) is 5.92 Å². The fraction of sp³-hybridized carbons (Fsp3) is 0.417. The molecule has 0 aliphatic carbocycles. The molecule has 1 aromatic rings. The largest absolute Gasteiger partial charge is 0.396 e. The topological polar surface area (TPSA) is 61.4 Å². The molecule has 2 unspecified atom stereocenters. The SMILES string of the molecule is CC(CO)C(C)NC(=O)Nc1c(F)cc(Br)cc1F. The van der Waals surface area contributed by atoms with Gasteiger partial charge in [0.05, 0.1) is 0 Å². The van der Waals surface area contributed by atoms with Crippen LogP contribution in [0.25, 0.3) is 0 Å². The molecule has 0 spiro atoms. The zero-order chi connectivity index (χ0) is 14.6. The molecular weight excluding hydrogens is 322 g/mol. The molecule has 2 atom stereocenters. The fourth-order valence-electron chi connectivity index (χ4n) is 1.32. The first-order valence-corrected chi connectivity index (χ1v) is 6.47. The van der Waals surface area contributed by atoms with Crippen LogP contribution >= 0.6 is 15.9 Å². The van der Waals surface area contributed by atoms with E-state index >= 15 is 0 Å². The van der Waals surface area contributed by atoms with Gasteiger partial charge in [0.1, 0.15) is 5.69 Å². The Kier molecular flexibility index (Phi) is 5.68. The normalized spacial score (nSPS) is 13.8. The predicted octanol–water partition coefficient (Wildman–Crippen LogP) is 2.87. The van der Waals surface area contributed by atoms with E-state index in [-0.39, 0.29) is 23.0 Å². The third-order valence-electron chi connectivity index (χ3n) is 2.75. The van der Waals surface area contributed by atoms with E-state index < -0.39 is 23.4 Å². The summed E-state index contributed by atoms with van der Waals surface area (Å²) in [6, 6.07) is 1.05. The van der Waals surface area contributed by atoms with Crippen molar-refractivity contribution in [1.82, 2.24) is 5.32 Å². The summed E-state index contributed by atoms with van der Waals surface area (Å²) in [7, 11) is 0. The molecule has 0 saturated heterocycles. The van der Waals surface area contributed by atoms with Gasteiger partial charge in [-0.1, -0.05) is 22.9 Å². The molecule has 0 aromatic heterocycles. The Balaban J connectivity index is 2.73. The van der Waals surface area contributed by atoms with E-state index in [1.54, 1.807) is 13.8 Å². The zero-order valence-electron chi connectivity index (χ0n) is 10.5. The lowest BCUT2D eigenvalue weighted by atomic mass is 10.1. The summed E-state index contributed by atoms with van der Waals surface area (Å²) in [5, 5.41) is 13.5. The van der Waals surface area contributed by atoms with E-state index in [2.05, 4.69) is 26.6 Å². The first-order valence-electron chi connectivity index (χ1n) is 5.68. The van der Waals surface area contributed by atoms with E-state index in [0.29, 0.717) is 0 Å². The van der Waals surface area contributed by atoms with Crippen molar-refractivity contribution in [1.29, 1.82) is 0 Å². The lowest BCUT2D eigenvalue weighted by Gasteiger charge is -2.19. The van der Waals surface area contributed by atoms with Gasteiger partial charge in [-0.2, -0.15) is 0 Å². The van der Waals surface area contributed by atoms with Crippen LogP contribution in [0.3, 0.4) is 0 Å². The molecule has 0 heterocycles. The number of nitrogens with one attached hydrogen (secondary N) is 2.